The highest BCUT2D eigenvalue weighted by Crippen LogP contribution is 2.28. The van der Waals surface area contributed by atoms with Gasteiger partial charge in [0.15, 0.2) is 0 Å². The second-order valence-electron chi connectivity index (χ2n) is 5.26. The van der Waals surface area contributed by atoms with Gasteiger partial charge in [0.25, 0.3) is 0 Å². The Labute approximate surface area is 112 Å². The van der Waals surface area contributed by atoms with Gasteiger partial charge in [-0.3, -0.25) is 4.68 Å². The number of hydrogen-bond acceptors (Lipinski definition) is 2. The van der Waals surface area contributed by atoms with E-state index in [1.165, 1.54) is 18.9 Å². The Morgan fingerprint density at radius 1 is 1.37 bits per heavy atom. The predicted octanol–water partition coefficient (Wildman–Crippen LogP) is 2.79. The van der Waals surface area contributed by atoms with Gasteiger partial charge in [-0.25, -0.2) is 4.39 Å². The smallest absolute Gasteiger partial charge is 0.123 e. The Kier molecular flexibility index (Phi) is 3.11. The van der Waals surface area contributed by atoms with E-state index in [-0.39, 0.29) is 5.82 Å². The van der Waals surface area contributed by atoms with Crippen molar-refractivity contribution in [3.63, 3.8) is 0 Å². The molecule has 0 saturated heterocycles. The zero-order valence-electron chi connectivity index (χ0n) is 11.3. The first-order valence-corrected chi connectivity index (χ1v) is 6.66. The van der Waals surface area contributed by atoms with E-state index < -0.39 is 0 Å². The summed E-state index contributed by atoms with van der Waals surface area (Å²) >= 11 is 0. The molecule has 2 aromatic rings. The maximum atomic E-state index is 13.5. The molecule has 1 aromatic carbocycles. The topological polar surface area (TPSA) is 29.9 Å². The van der Waals surface area contributed by atoms with Gasteiger partial charge in [0.05, 0.1) is 5.69 Å². The van der Waals surface area contributed by atoms with E-state index >= 15 is 0 Å². The summed E-state index contributed by atoms with van der Waals surface area (Å²) < 4.78 is 15.3. The van der Waals surface area contributed by atoms with E-state index in [0.29, 0.717) is 12.6 Å². The summed E-state index contributed by atoms with van der Waals surface area (Å²) in [5, 5.41) is 7.80. The largest absolute Gasteiger partial charge is 0.310 e. The molecule has 0 spiro atoms. The minimum absolute atomic E-state index is 0.183. The average Bonchev–Trinajstić information content (AvgIpc) is 3.12. The molecular formula is C15H18FN3. The summed E-state index contributed by atoms with van der Waals surface area (Å²) in [5.41, 5.74) is 4.13. The molecule has 1 aliphatic carbocycles. The van der Waals surface area contributed by atoms with Crippen LogP contribution in [0.15, 0.2) is 24.4 Å². The van der Waals surface area contributed by atoms with Crippen LogP contribution in [0.4, 0.5) is 4.39 Å². The first-order valence-electron chi connectivity index (χ1n) is 6.66. The third kappa shape index (κ3) is 2.68. The molecule has 0 amide bonds. The Morgan fingerprint density at radius 3 is 2.79 bits per heavy atom. The summed E-state index contributed by atoms with van der Waals surface area (Å²) in [4.78, 5) is 0. The monoisotopic (exact) mass is 259 g/mol. The van der Waals surface area contributed by atoms with E-state index in [0.717, 1.165) is 22.4 Å². The first kappa shape index (κ1) is 12.4. The molecule has 0 bridgehead atoms. The lowest BCUT2D eigenvalue weighted by Crippen LogP contribution is -2.16. The van der Waals surface area contributed by atoms with Gasteiger partial charge in [-0.05, 0) is 43.0 Å². The van der Waals surface area contributed by atoms with Crippen molar-refractivity contribution in [1.29, 1.82) is 0 Å². The van der Waals surface area contributed by atoms with Crippen molar-refractivity contribution in [2.75, 3.05) is 0 Å². The normalized spacial score (nSPS) is 14.9. The molecule has 0 unspecified atom stereocenters. The summed E-state index contributed by atoms with van der Waals surface area (Å²) in [6, 6.07) is 5.61. The second-order valence-corrected chi connectivity index (χ2v) is 5.26. The number of aromatic nitrogens is 2. The van der Waals surface area contributed by atoms with Crippen molar-refractivity contribution in [3.8, 4) is 11.1 Å². The summed E-state index contributed by atoms with van der Waals surface area (Å²) in [6.07, 6.45) is 4.45. The van der Waals surface area contributed by atoms with Crippen LogP contribution in [-0.2, 0) is 13.6 Å². The molecule has 19 heavy (non-hydrogen) atoms. The van der Waals surface area contributed by atoms with Gasteiger partial charge >= 0.3 is 0 Å². The fourth-order valence-corrected chi connectivity index (χ4v) is 2.38. The van der Waals surface area contributed by atoms with Gasteiger partial charge in [0.1, 0.15) is 5.82 Å². The van der Waals surface area contributed by atoms with Gasteiger partial charge in [-0.2, -0.15) is 5.10 Å². The van der Waals surface area contributed by atoms with E-state index in [1.807, 2.05) is 26.2 Å². The fourth-order valence-electron chi connectivity index (χ4n) is 2.38. The van der Waals surface area contributed by atoms with Crippen LogP contribution < -0.4 is 5.32 Å². The quantitative estimate of drug-likeness (QED) is 0.915. The number of nitrogens with one attached hydrogen (secondary N) is 1. The third-order valence-corrected chi connectivity index (χ3v) is 3.53. The molecule has 3 rings (SSSR count). The Balaban J connectivity index is 1.96. The van der Waals surface area contributed by atoms with Crippen molar-refractivity contribution in [2.24, 2.45) is 7.05 Å². The highest BCUT2D eigenvalue weighted by atomic mass is 19.1. The van der Waals surface area contributed by atoms with Crippen LogP contribution >= 0.6 is 0 Å². The number of benzene rings is 1. The molecular weight excluding hydrogens is 241 g/mol. The number of hydrogen-bond donors (Lipinski definition) is 1. The molecule has 1 N–H and O–H groups in total. The minimum Gasteiger partial charge on any atom is -0.310 e. The Bertz CT molecular complexity index is 599. The maximum absolute atomic E-state index is 13.5. The molecule has 1 aromatic heterocycles. The number of halogens is 1. The fraction of sp³-hybridized carbons (Fsp3) is 0.400. The molecule has 100 valence electrons. The van der Waals surface area contributed by atoms with E-state index in [4.69, 9.17) is 0 Å². The van der Waals surface area contributed by atoms with Gasteiger partial charge in [-0.1, -0.05) is 6.07 Å². The van der Waals surface area contributed by atoms with E-state index in [1.54, 1.807) is 10.7 Å². The van der Waals surface area contributed by atoms with Crippen LogP contribution in [0, 0.1) is 12.7 Å². The second kappa shape index (κ2) is 4.78. The van der Waals surface area contributed by atoms with Crippen molar-refractivity contribution in [3.05, 3.63) is 41.5 Å². The van der Waals surface area contributed by atoms with Crippen LogP contribution in [0.2, 0.25) is 0 Å². The summed E-state index contributed by atoms with van der Waals surface area (Å²) in [7, 11) is 1.90. The Morgan fingerprint density at radius 2 is 2.16 bits per heavy atom. The number of rotatable bonds is 4. The molecule has 1 heterocycles. The van der Waals surface area contributed by atoms with Crippen LogP contribution in [0.3, 0.4) is 0 Å². The lowest BCUT2D eigenvalue weighted by atomic mass is 10.00. The molecule has 1 saturated carbocycles. The predicted molar refractivity (Wildman–Crippen MR) is 73.2 cm³/mol. The molecule has 4 heteroatoms. The molecule has 0 atom stereocenters. The van der Waals surface area contributed by atoms with Crippen molar-refractivity contribution >= 4 is 0 Å². The zero-order chi connectivity index (χ0) is 13.4. The van der Waals surface area contributed by atoms with Crippen LogP contribution in [0.25, 0.3) is 11.1 Å². The van der Waals surface area contributed by atoms with Crippen molar-refractivity contribution < 1.29 is 4.39 Å². The van der Waals surface area contributed by atoms with Crippen LogP contribution in [-0.4, -0.2) is 15.8 Å². The van der Waals surface area contributed by atoms with Gasteiger partial charge in [0, 0.05) is 31.4 Å². The summed E-state index contributed by atoms with van der Waals surface area (Å²) in [5.74, 6) is -0.183. The highest BCUT2D eigenvalue weighted by Gasteiger charge is 2.21. The molecule has 1 aliphatic rings. The lowest BCUT2D eigenvalue weighted by Gasteiger charge is -2.10. The standard InChI is InChI=1S/C15H18FN3/c1-10-15(9-19(2)18-10)14-6-3-12(16)7-11(14)8-17-13-4-5-13/h3,6-7,9,13,17H,4-5,8H2,1-2H3. The highest BCUT2D eigenvalue weighted by molar-refractivity contribution is 5.68. The minimum atomic E-state index is -0.183. The van der Waals surface area contributed by atoms with Crippen LogP contribution in [0.5, 0.6) is 0 Å². The van der Waals surface area contributed by atoms with Crippen molar-refractivity contribution in [2.45, 2.75) is 32.4 Å². The van der Waals surface area contributed by atoms with E-state index in [9.17, 15) is 4.39 Å². The van der Waals surface area contributed by atoms with Crippen LogP contribution in [0.1, 0.15) is 24.1 Å². The number of aryl methyl sites for hydroxylation is 2. The summed E-state index contributed by atoms with van der Waals surface area (Å²) in [6.45, 7) is 2.70. The van der Waals surface area contributed by atoms with Gasteiger partial charge < -0.3 is 5.32 Å². The Hall–Kier alpha value is -1.68. The van der Waals surface area contributed by atoms with Gasteiger partial charge in [0.2, 0.25) is 0 Å². The first-order chi connectivity index (χ1) is 9.13. The maximum Gasteiger partial charge on any atom is 0.123 e. The van der Waals surface area contributed by atoms with E-state index in [2.05, 4.69) is 10.4 Å². The third-order valence-electron chi connectivity index (χ3n) is 3.53. The molecule has 0 aliphatic heterocycles. The molecule has 0 radical (unpaired) electrons. The average molecular weight is 259 g/mol. The van der Waals surface area contributed by atoms with Crippen molar-refractivity contribution in [1.82, 2.24) is 15.1 Å². The van der Waals surface area contributed by atoms with Gasteiger partial charge in [-0.15, -0.1) is 0 Å². The SMILES string of the molecule is Cc1nn(C)cc1-c1ccc(F)cc1CNC1CC1. The number of nitrogens with zero attached hydrogens (tertiary/aromatic N) is 2. The molecule has 3 nitrogen and oxygen atoms in total. The molecule has 1 fully saturated rings. The lowest BCUT2D eigenvalue weighted by molar-refractivity contribution is 0.620. The zero-order valence-corrected chi connectivity index (χ0v) is 11.3.